The molecule has 0 saturated carbocycles. The second-order valence-corrected chi connectivity index (χ2v) is 4.56. The largest absolute Gasteiger partial charge is 0.481 e. The molecule has 0 aliphatic heterocycles. The Morgan fingerprint density at radius 1 is 0.947 bits per heavy atom. The Labute approximate surface area is 115 Å². The third-order valence-corrected chi connectivity index (χ3v) is 1.92. The van der Waals surface area contributed by atoms with Crippen LogP contribution in [-0.2, 0) is 9.59 Å². The van der Waals surface area contributed by atoms with Crippen LogP contribution < -0.4 is 0 Å². The number of carboxylic acids is 2. The minimum Gasteiger partial charge on any atom is -0.481 e. The summed E-state index contributed by atoms with van der Waals surface area (Å²) in [6.07, 6.45) is 0.946. The van der Waals surface area contributed by atoms with Crippen LogP contribution in [0.4, 0.5) is 0 Å². The van der Waals surface area contributed by atoms with E-state index in [0.717, 1.165) is 6.42 Å². The summed E-state index contributed by atoms with van der Waals surface area (Å²) >= 11 is 0. The zero-order chi connectivity index (χ0) is 16.0. The van der Waals surface area contributed by atoms with Gasteiger partial charge in [-0.1, -0.05) is 34.6 Å². The van der Waals surface area contributed by atoms with Crippen molar-refractivity contribution in [1.82, 2.24) is 0 Å². The number of aliphatic hydroxyl groups is 2. The van der Waals surface area contributed by atoms with Crippen LogP contribution in [0.25, 0.3) is 0 Å². The monoisotopic (exact) mass is 280 g/mol. The molecule has 116 valence electrons. The zero-order valence-corrected chi connectivity index (χ0v) is 12.5. The van der Waals surface area contributed by atoms with Crippen molar-refractivity contribution >= 4 is 11.9 Å². The zero-order valence-electron chi connectivity index (χ0n) is 12.5. The summed E-state index contributed by atoms with van der Waals surface area (Å²) < 4.78 is 0. The molecular formula is C13H28O6. The van der Waals surface area contributed by atoms with Gasteiger partial charge in [0.1, 0.15) is 0 Å². The van der Waals surface area contributed by atoms with Gasteiger partial charge in [0.05, 0.1) is 17.9 Å². The lowest BCUT2D eigenvalue weighted by molar-refractivity contribution is -0.141. The summed E-state index contributed by atoms with van der Waals surface area (Å²) in [5.74, 6) is -1.94. The molecule has 1 unspecified atom stereocenters. The molecule has 19 heavy (non-hydrogen) atoms. The first kappa shape index (κ1) is 23.0. The van der Waals surface area contributed by atoms with Crippen molar-refractivity contribution in [2.75, 3.05) is 6.61 Å². The van der Waals surface area contributed by atoms with Gasteiger partial charge in [0.15, 0.2) is 0 Å². The van der Waals surface area contributed by atoms with Gasteiger partial charge in [0.2, 0.25) is 0 Å². The summed E-state index contributed by atoms with van der Waals surface area (Å²) in [6.45, 7) is 8.55. The number of carbonyl (C=O) groups is 2. The predicted octanol–water partition coefficient (Wildman–Crippen LogP) is 1.59. The Morgan fingerprint density at radius 2 is 1.21 bits per heavy atom. The molecule has 0 saturated heterocycles. The number of rotatable bonds is 5. The third kappa shape index (κ3) is 26.5. The highest BCUT2D eigenvalue weighted by Gasteiger charge is 1.99. The SMILES string of the molecule is CC(C)C(=O)O.CC(C)C(=O)O.CCC(O)CCO. The lowest BCUT2D eigenvalue weighted by atomic mass is 10.2. The van der Waals surface area contributed by atoms with Crippen molar-refractivity contribution in [2.24, 2.45) is 11.8 Å². The first-order chi connectivity index (χ1) is 8.59. The molecule has 4 N–H and O–H groups in total. The molecule has 6 nitrogen and oxygen atoms in total. The van der Waals surface area contributed by atoms with E-state index in [0.29, 0.717) is 6.42 Å². The molecule has 0 aromatic carbocycles. The number of carboxylic acid groups (broad SMARTS) is 2. The van der Waals surface area contributed by atoms with Gasteiger partial charge in [0.25, 0.3) is 0 Å². The van der Waals surface area contributed by atoms with Crippen LogP contribution in [0.5, 0.6) is 0 Å². The Kier molecular flexibility index (Phi) is 18.1. The van der Waals surface area contributed by atoms with Gasteiger partial charge >= 0.3 is 11.9 Å². The Balaban J connectivity index is -0.000000203. The van der Waals surface area contributed by atoms with Crippen molar-refractivity contribution in [3.8, 4) is 0 Å². The summed E-state index contributed by atoms with van der Waals surface area (Å²) in [5, 5.41) is 32.9. The van der Waals surface area contributed by atoms with E-state index in [1.54, 1.807) is 27.7 Å². The fraction of sp³-hybridized carbons (Fsp3) is 0.846. The quantitative estimate of drug-likeness (QED) is 0.608. The summed E-state index contributed by atoms with van der Waals surface area (Å²) in [4.78, 5) is 19.4. The predicted molar refractivity (Wildman–Crippen MR) is 72.9 cm³/mol. The van der Waals surface area contributed by atoms with Crippen molar-refractivity contribution < 1.29 is 30.0 Å². The molecule has 0 radical (unpaired) electrons. The van der Waals surface area contributed by atoms with E-state index >= 15 is 0 Å². The van der Waals surface area contributed by atoms with E-state index in [4.69, 9.17) is 20.4 Å². The standard InChI is InChI=1S/C5H12O2.2C4H8O2/c1-2-5(7)3-4-6;2*1-3(2)4(5)6/h5-7H,2-4H2,1H3;2*3H,1-2H3,(H,5,6). The second kappa shape index (κ2) is 14.9. The molecule has 0 aromatic rings. The van der Waals surface area contributed by atoms with Crippen molar-refractivity contribution in [2.45, 2.75) is 53.6 Å². The molecule has 0 bridgehead atoms. The number of hydrogen-bond acceptors (Lipinski definition) is 4. The average molecular weight is 280 g/mol. The maximum atomic E-state index is 9.70. The van der Waals surface area contributed by atoms with Crippen LogP contribution in [0.1, 0.15) is 47.5 Å². The van der Waals surface area contributed by atoms with E-state index in [2.05, 4.69) is 0 Å². The molecule has 0 aliphatic rings. The molecule has 0 rings (SSSR count). The summed E-state index contributed by atoms with van der Waals surface area (Å²) in [7, 11) is 0. The van der Waals surface area contributed by atoms with Gasteiger partial charge in [-0.05, 0) is 12.8 Å². The lowest BCUT2D eigenvalue weighted by Crippen LogP contribution is -2.05. The third-order valence-electron chi connectivity index (χ3n) is 1.92. The second-order valence-electron chi connectivity index (χ2n) is 4.56. The van der Waals surface area contributed by atoms with Crippen LogP contribution in [0.15, 0.2) is 0 Å². The molecule has 0 amide bonds. The molecular weight excluding hydrogens is 252 g/mol. The van der Waals surface area contributed by atoms with Crippen molar-refractivity contribution in [3.05, 3.63) is 0 Å². The molecule has 0 aromatic heterocycles. The number of aliphatic hydroxyl groups excluding tert-OH is 2. The van der Waals surface area contributed by atoms with Crippen LogP contribution in [0.3, 0.4) is 0 Å². The van der Waals surface area contributed by atoms with E-state index in [1.165, 1.54) is 0 Å². The maximum absolute atomic E-state index is 9.70. The first-order valence-electron chi connectivity index (χ1n) is 6.34. The number of aliphatic carboxylic acids is 2. The van der Waals surface area contributed by atoms with Gasteiger partial charge in [-0.3, -0.25) is 9.59 Å². The Hall–Kier alpha value is -1.14. The average Bonchev–Trinajstić information content (AvgIpc) is 2.30. The minimum atomic E-state index is -0.741. The summed E-state index contributed by atoms with van der Waals surface area (Å²) in [5.41, 5.74) is 0. The van der Waals surface area contributed by atoms with Gasteiger partial charge in [-0.2, -0.15) is 0 Å². The summed E-state index contributed by atoms with van der Waals surface area (Å²) in [6, 6.07) is 0. The fourth-order valence-electron chi connectivity index (χ4n) is 0.353. The van der Waals surface area contributed by atoms with Gasteiger partial charge in [-0.15, -0.1) is 0 Å². The van der Waals surface area contributed by atoms with Crippen LogP contribution in [0, 0.1) is 11.8 Å². The highest BCUT2D eigenvalue weighted by atomic mass is 16.4. The van der Waals surface area contributed by atoms with E-state index in [-0.39, 0.29) is 24.5 Å². The molecule has 1 atom stereocenters. The van der Waals surface area contributed by atoms with Gasteiger partial charge in [-0.25, -0.2) is 0 Å². The number of hydrogen-bond donors (Lipinski definition) is 4. The molecule has 6 heteroatoms. The highest BCUT2D eigenvalue weighted by Crippen LogP contribution is 1.92. The van der Waals surface area contributed by atoms with Crippen molar-refractivity contribution in [1.29, 1.82) is 0 Å². The fourth-order valence-corrected chi connectivity index (χ4v) is 0.353. The minimum absolute atomic E-state index is 0.0923. The smallest absolute Gasteiger partial charge is 0.305 e. The van der Waals surface area contributed by atoms with E-state index < -0.39 is 11.9 Å². The Bertz CT molecular complexity index is 207. The molecule has 0 spiro atoms. The van der Waals surface area contributed by atoms with Crippen LogP contribution >= 0.6 is 0 Å². The lowest BCUT2D eigenvalue weighted by Gasteiger charge is -2.01. The molecule has 0 aliphatic carbocycles. The Morgan fingerprint density at radius 3 is 1.26 bits per heavy atom. The maximum Gasteiger partial charge on any atom is 0.305 e. The van der Waals surface area contributed by atoms with Gasteiger partial charge in [0, 0.05) is 6.61 Å². The molecule has 0 heterocycles. The van der Waals surface area contributed by atoms with Crippen LogP contribution in [0.2, 0.25) is 0 Å². The topological polar surface area (TPSA) is 115 Å². The molecule has 0 fully saturated rings. The normalized spacial score (nSPS) is 11.0. The first-order valence-corrected chi connectivity index (χ1v) is 6.34. The highest BCUT2D eigenvalue weighted by molar-refractivity contribution is 5.69. The van der Waals surface area contributed by atoms with E-state index in [9.17, 15) is 9.59 Å². The van der Waals surface area contributed by atoms with Crippen molar-refractivity contribution in [3.63, 3.8) is 0 Å². The van der Waals surface area contributed by atoms with E-state index in [1.807, 2.05) is 6.92 Å². The van der Waals surface area contributed by atoms with Gasteiger partial charge < -0.3 is 20.4 Å². The van der Waals surface area contributed by atoms with Crippen LogP contribution in [-0.4, -0.2) is 45.1 Å².